The summed E-state index contributed by atoms with van der Waals surface area (Å²) in [4.78, 5) is 0. The zero-order chi connectivity index (χ0) is 8.53. The molecule has 4 heteroatoms. The van der Waals surface area contributed by atoms with Gasteiger partial charge in [0.2, 0.25) is 8.19 Å². The van der Waals surface area contributed by atoms with Gasteiger partial charge in [0, 0.05) is 7.11 Å². The summed E-state index contributed by atoms with van der Waals surface area (Å²) in [7, 11) is 0.715. The first-order valence-electron chi connectivity index (χ1n) is 4.09. The van der Waals surface area contributed by atoms with E-state index in [2.05, 4.69) is 19.0 Å². The molecule has 1 nitrogen and oxygen atoms in total. The van der Waals surface area contributed by atoms with Crippen molar-refractivity contribution in [2.75, 3.05) is 18.6 Å². The topological polar surface area (TPSA) is 9.23 Å². The molecular formula is C7H18OS2Si. The lowest BCUT2D eigenvalue weighted by Crippen LogP contribution is -2.06. The van der Waals surface area contributed by atoms with Gasteiger partial charge in [0.1, 0.15) is 0 Å². The van der Waals surface area contributed by atoms with E-state index < -0.39 is 8.19 Å². The molecule has 0 spiro atoms. The molecule has 0 aromatic carbocycles. The Bertz CT molecular complexity index is 82.8. The van der Waals surface area contributed by atoms with Crippen molar-refractivity contribution in [2.45, 2.75) is 25.8 Å². The lowest BCUT2D eigenvalue weighted by Gasteiger charge is -2.04. The molecule has 0 aromatic heterocycles. The summed E-state index contributed by atoms with van der Waals surface area (Å²) in [6.45, 7) is 2.22. The van der Waals surface area contributed by atoms with Gasteiger partial charge in [-0.2, -0.15) is 23.8 Å². The predicted octanol–water partition coefficient (Wildman–Crippen LogP) is 2.32. The van der Waals surface area contributed by atoms with Gasteiger partial charge in [0.15, 0.2) is 0 Å². The lowest BCUT2D eigenvalue weighted by atomic mass is 10.6. The van der Waals surface area contributed by atoms with Crippen LogP contribution in [0, 0.1) is 0 Å². The normalized spacial score (nSPS) is 13.4. The van der Waals surface area contributed by atoms with Crippen LogP contribution in [0.3, 0.4) is 0 Å². The van der Waals surface area contributed by atoms with Crippen molar-refractivity contribution in [1.82, 2.24) is 0 Å². The molecule has 0 rings (SSSR count). The Balaban J connectivity index is 2.89. The summed E-state index contributed by atoms with van der Waals surface area (Å²) in [5.74, 6) is 2.58. The van der Waals surface area contributed by atoms with E-state index in [1.54, 1.807) is 7.11 Å². The first-order valence-corrected chi connectivity index (χ1v) is 8.60. The third kappa shape index (κ3) is 8.79. The highest BCUT2D eigenvalue weighted by molar-refractivity contribution is 8.09. The molecule has 1 unspecified atom stereocenters. The minimum Gasteiger partial charge on any atom is -0.413 e. The van der Waals surface area contributed by atoms with Crippen LogP contribution >= 0.6 is 23.8 Å². The van der Waals surface area contributed by atoms with Gasteiger partial charge in [-0.1, -0.05) is 6.92 Å². The van der Waals surface area contributed by atoms with Gasteiger partial charge < -0.3 is 4.43 Å². The molecular weight excluding hydrogens is 192 g/mol. The fourth-order valence-electron chi connectivity index (χ4n) is 0.724. The molecule has 68 valence electrons. The van der Waals surface area contributed by atoms with Crippen LogP contribution in [-0.4, -0.2) is 26.8 Å². The largest absolute Gasteiger partial charge is 0.413 e. The van der Waals surface area contributed by atoms with Gasteiger partial charge in [0.05, 0.1) is 0 Å². The van der Waals surface area contributed by atoms with Crippen LogP contribution in [0.1, 0.15) is 19.8 Å². The summed E-state index contributed by atoms with van der Waals surface area (Å²) in [6.07, 6.45) is 2.57. The zero-order valence-electron chi connectivity index (χ0n) is 7.38. The van der Waals surface area contributed by atoms with E-state index in [9.17, 15) is 0 Å². The molecule has 0 aliphatic carbocycles. The summed E-state index contributed by atoms with van der Waals surface area (Å²) in [6, 6.07) is 1.20. The van der Waals surface area contributed by atoms with Crippen molar-refractivity contribution in [1.29, 1.82) is 0 Å². The highest BCUT2D eigenvalue weighted by atomic mass is 32.3. The molecule has 0 saturated heterocycles. The Hall–Kier alpha value is 0.877. The minimum atomic E-state index is -1.05. The highest BCUT2D eigenvalue weighted by Gasteiger charge is 2.01. The van der Waals surface area contributed by atoms with Crippen molar-refractivity contribution >= 4 is 32.0 Å². The Morgan fingerprint density at radius 3 is 2.73 bits per heavy atom. The van der Waals surface area contributed by atoms with Gasteiger partial charge in [0.25, 0.3) is 0 Å². The van der Waals surface area contributed by atoms with Gasteiger partial charge in [-0.05, 0) is 30.4 Å². The zero-order valence-corrected chi connectivity index (χ0v) is 10.2. The second kappa shape index (κ2) is 8.97. The second-order valence-corrected chi connectivity index (χ2v) is 7.36. The van der Waals surface area contributed by atoms with E-state index >= 15 is 0 Å². The van der Waals surface area contributed by atoms with Crippen molar-refractivity contribution < 1.29 is 4.43 Å². The summed E-state index contributed by atoms with van der Waals surface area (Å²) < 4.78 is 5.15. The summed E-state index contributed by atoms with van der Waals surface area (Å²) in [5.41, 5.74) is 0. The predicted molar refractivity (Wildman–Crippen MR) is 60.2 cm³/mol. The molecule has 0 aliphatic rings. The van der Waals surface area contributed by atoms with E-state index in [0.717, 1.165) is 0 Å². The monoisotopic (exact) mass is 210 g/mol. The molecule has 0 fully saturated rings. The van der Waals surface area contributed by atoms with Crippen molar-refractivity contribution in [3.05, 3.63) is 0 Å². The third-order valence-corrected chi connectivity index (χ3v) is 5.49. The Labute approximate surface area is 81.1 Å². The molecule has 0 aromatic rings. The third-order valence-electron chi connectivity index (χ3n) is 1.36. The molecule has 0 amide bonds. The van der Waals surface area contributed by atoms with Gasteiger partial charge in [-0.25, -0.2) is 0 Å². The smallest absolute Gasteiger partial charge is 0.234 e. The van der Waals surface area contributed by atoms with Gasteiger partial charge in [-0.15, -0.1) is 0 Å². The van der Waals surface area contributed by atoms with E-state index in [1.165, 1.54) is 30.4 Å². The molecule has 0 aliphatic heterocycles. The first kappa shape index (κ1) is 11.9. The molecule has 1 atom stereocenters. The quantitative estimate of drug-likeness (QED) is 0.392. The average Bonchev–Trinajstić information content (AvgIpc) is 2.04. The molecule has 0 radical (unpaired) electrons. The van der Waals surface area contributed by atoms with E-state index in [0.29, 0.717) is 0 Å². The van der Waals surface area contributed by atoms with Crippen molar-refractivity contribution in [2.24, 2.45) is 0 Å². The summed E-state index contributed by atoms with van der Waals surface area (Å²) >= 11 is 6.40. The van der Waals surface area contributed by atoms with Crippen LogP contribution in [0.2, 0.25) is 6.04 Å². The first-order chi connectivity index (χ1) is 5.31. The number of thiol groups is 1. The Kier molecular flexibility index (Phi) is 9.68. The average molecular weight is 210 g/mol. The molecule has 0 saturated carbocycles. The molecule has 11 heavy (non-hydrogen) atoms. The van der Waals surface area contributed by atoms with Gasteiger partial charge >= 0.3 is 0 Å². The van der Waals surface area contributed by atoms with Crippen LogP contribution < -0.4 is 0 Å². The second-order valence-electron chi connectivity index (χ2n) is 2.44. The molecule has 0 N–H and O–H groups in total. The van der Waals surface area contributed by atoms with Crippen LogP contribution in [0.4, 0.5) is 0 Å². The number of thioether (sulfide) groups is 1. The summed E-state index contributed by atoms with van der Waals surface area (Å²) in [5, 5.41) is 0. The fourth-order valence-corrected chi connectivity index (χ4v) is 3.22. The molecule has 0 bridgehead atoms. The van der Waals surface area contributed by atoms with E-state index in [4.69, 9.17) is 4.43 Å². The van der Waals surface area contributed by atoms with E-state index in [-0.39, 0.29) is 0 Å². The Morgan fingerprint density at radius 1 is 1.45 bits per heavy atom. The maximum atomic E-state index is 5.15. The van der Waals surface area contributed by atoms with Gasteiger partial charge in [-0.3, -0.25) is 0 Å². The standard InChI is InChI=1S/C7H18OS2Si/c1-3-5-10-6-4-7-11(9)8-2/h9,11H,3-7H2,1-2H3. The SMILES string of the molecule is CCCSCCC[SiH](S)OC. The highest BCUT2D eigenvalue weighted by Crippen LogP contribution is 2.09. The Morgan fingerprint density at radius 2 is 2.18 bits per heavy atom. The van der Waals surface area contributed by atoms with Crippen molar-refractivity contribution in [3.63, 3.8) is 0 Å². The number of rotatable bonds is 7. The van der Waals surface area contributed by atoms with Crippen LogP contribution in [0.25, 0.3) is 0 Å². The minimum absolute atomic E-state index is 1.05. The number of hydrogen-bond acceptors (Lipinski definition) is 3. The maximum absolute atomic E-state index is 5.15. The van der Waals surface area contributed by atoms with E-state index in [1.807, 2.05) is 11.8 Å². The van der Waals surface area contributed by atoms with Crippen LogP contribution in [-0.2, 0) is 4.43 Å². The number of hydrogen-bond donors (Lipinski definition) is 1. The van der Waals surface area contributed by atoms with Crippen molar-refractivity contribution in [3.8, 4) is 0 Å². The molecule has 0 heterocycles. The van der Waals surface area contributed by atoms with Crippen LogP contribution in [0.15, 0.2) is 0 Å². The fraction of sp³-hybridized carbons (Fsp3) is 1.00. The lowest BCUT2D eigenvalue weighted by molar-refractivity contribution is 0.435. The van der Waals surface area contributed by atoms with Crippen LogP contribution in [0.5, 0.6) is 0 Å². The maximum Gasteiger partial charge on any atom is 0.234 e.